The lowest BCUT2D eigenvalue weighted by Crippen LogP contribution is -2.39. The highest BCUT2D eigenvalue weighted by Gasteiger charge is 2.23. The summed E-state index contributed by atoms with van der Waals surface area (Å²) in [4.78, 5) is 7.14. The van der Waals surface area contributed by atoms with Crippen LogP contribution in [0.2, 0.25) is 0 Å². The molecule has 1 aliphatic carbocycles. The number of nitrogens with zero attached hydrogens (tertiary/aromatic N) is 2. The molecule has 2 aromatic rings. The van der Waals surface area contributed by atoms with Gasteiger partial charge in [0.1, 0.15) is 0 Å². The van der Waals surface area contributed by atoms with Crippen molar-refractivity contribution in [1.82, 2.24) is 9.88 Å². The summed E-state index contributed by atoms with van der Waals surface area (Å²) in [7, 11) is 0. The van der Waals surface area contributed by atoms with Gasteiger partial charge in [-0.05, 0) is 54.5 Å². The number of benzene rings is 1. The summed E-state index contributed by atoms with van der Waals surface area (Å²) in [5.41, 5.74) is 5.47. The van der Waals surface area contributed by atoms with Gasteiger partial charge >= 0.3 is 0 Å². The monoisotopic (exact) mass is 316 g/mol. The first-order valence-electron chi connectivity index (χ1n) is 8.99. The maximum absolute atomic E-state index is 4.49. The summed E-state index contributed by atoms with van der Waals surface area (Å²) in [5, 5.41) is 0. The van der Waals surface area contributed by atoms with Gasteiger partial charge in [-0.25, -0.2) is 0 Å². The normalized spacial score (nSPS) is 21.9. The van der Waals surface area contributed by atoms with Crippen molar-refractivity contribution in [2.75, 3.05) is 13.1 Å². The highest BCUT2D eigenvalue weighted by molar-refractivity contribution is 5.66. The number of rotatable bonds is 3. The second-order valence-electron chi connectivity index (χ2n) is 6.71. The van der Waals surface area contributed by atoms with Gasteiger partial charge in [-0.15, -0.1) is 0 Å². The van der Waals surface area contributed by atoms with E-state index in [0.29, 0.717) is 6.04 Å². The van der Waals surface area contributed by atoms with Gasteiger partial charge in [-0.3, -0.25) is 9.88 Å². The van der Waals surface area contributed by atoms with Gasteiger partial charge < -0.3 is 0 Å². The molecule has 0 fully saturated rings. The first kappa shape index (κ1) is 15.3. The van der Waals surface area contributed by atoms with Crippen molar-refractivity contribution >= 4 is 11.1 Å². The lowest BCUT2D eigenvalue weighted by Gasteiger charge is -2.35. The Morgan fingerprint density at radius 3 is 2.42 bits per heavy atom. The predicted octanol–water partition coefficient (Wildman–Crippen LogP) is 4.81. The SMILES string of the molecule is C1=C(c2ccccc2)CCN(C2CC=C(c3ccccn3)CC2)C1. The summed E-state index contributed by atoms with van der Waals surface area (Å²) in [6, 6.07) is 17.7. The first-order chi connectivity index (χ1) is 11.9. The van der Waals surface area contributed by atoms with Gasteiger partial charge in [-0.2, -0.15) is 0 Å². The van der Waals surface area contributed by atoms with Gasteiger partial charge in [0.05, 0.1) is 5.69 Å². The molecular weight excluding hydrogens is 292 g/mol. The number of hydrogen-bond donors (Lipinski definition) is 0. The Bertz CT molecular complexity index is 666. The molecule has 1 atom stereocenters. The zero-order valence-electron chi connectivity index (χ0n) is 14.1. The van der Waals surface area contributed by atoms with E-state index in [-0.39, 0.29) is 0 Å². The molecule has 1 aromatic carbocycles. The van der Waals surface area contributed by atoms with Crippen molar-refractivity contribution in [2.24, 2.45) is 0 Å². The summed E-state index contributed by atoms with van der Waals surface area (Å²) < 4.78 is 0. The second-order valence-corrected chi connectivity index (χ2v) is 6.71. The quantitative estimate of drug-likeness (QED) is 0.808. The molecule has 0 amide bonds. The van der Waals surface area contributed by atoms with E-state index in [0.717, 1.165) is 31.5 Å². The third-order valence-electron chi connectivity index (χ3n) is 5.28. The molecule has 0 spiro atoms. The fourth-order valence-electron chi connectivity index (χ4n) is 3.87. The topological polar surface area (TPSA) is 16.1 Å². The summed E-state index contributed by atoms with van der Waals surface area (Å²) in [5.74, 6) is 0. The van der Waals surface area contributed by atoms with Gasteiger partial charge in [0, 0.05) is 25.3 Å². The fourth-order valence-corrected chi connectivity index (χ4v) is 3.87. The minimum absolute atomic E-state index is 0.686. The Labute approximate surface area is 144 Å². The van der Waals surface area contributed by atoms with Crippen molar-refractivity contribution in [3.05, 3.63) is 78.1 Å². The Kier molecular flexibility index (Phi) is 4.57. The van der Waals surface area contributed by atoms with Crippen LogP contribution in [-0.2, 0) is 0 Å². The molecule has 2 nitrogen and oxygen atoms in total. The van der Waals surface area contributed by atoms with Crippen LogP contribution in [0, 0.1) is 0 Å². The van der Waals surface area contributed by atoms with E-state index in [1.54, 1.807) is 0 Å². The van der Waals surface area contributed by atoms with Crippen LogP contribution in [0.15, 0.2) is 66.9 Å². The third kappa shape index (κ3) is 3.34. The van der Waals surface area contributed by atoms with Crippen LogP contribution in [-0.4, -0.2) is 29.0 Å². The molecule has 2 heteroatoms. The molecular formula is C22H24N2. The van der Waals surface area contributed by atoms with Crippen LogP contribution in [0.3, 0.4) is 0 Å². The van der Waals surface area contributed by atoms with Crippen LogP contribution < -0.4 is 0 Å². The molecule has 0 bridgehead atoms. The van der Waals surface area contributed by atoms with E-state index < -0.39 is 0 Å². The molecule has 0 N–H and O–H groups in total. The van der Waals surface area contributed by atoms with Crippen LogP contribution in [0.25, 0.3) is 11.1 Å². The average Bonchev–Trinajstić information content (AvgIpc) is 2.70. The molecule has 2 aliphatic rings. The zero-order valence-corrected chi connectivity index (χ0v) is 14.1. The molecule has 0 saturated carbocycles. The smallest absolute Gasteiger partial charge is 0.0658 e. The number of hydrogen-bond acceptors (Lipinski definition) is 2. The molecule has 4 rings (SSSR count). The number of allylic oxidation sites excluding steroid dienone is 1. The lowest BCUT2D eigenvalue weighted by molar-refractivity contribution is 0.204. The predicted molar refractivity (Wildman–Crippen MR) is 100 cm³/mol. The van der Waals surface area contributed by atoms with Crippen molar-refractivity contribution in [3.63, 3.8) is 0 Å². The van der Waals surface area contributed by atoms with Crippen LogP contribution >= 0.6 is 0 Å². The van der Waals surface area contributed by atoms with Crippen molar-refractivity contribution < 1.29 is 0 Å². The van der Waals surface area contributed by atoms with Gasteiger partial charge in [0.25, 0.3) is 0 Å². The highest BCUT2D eigenvalue weighted by atomic mass is 15.2. The van der Waals surface area contributed by atoms with E-state index >= 15 is 0 Å². The van der Waals surface area contributed by atoms with E-state index in [4.69, 9.17) is 0 Å². The molecule has 1 unspecified atom stereocenters. The Balaban J connectivity index is 1.39. The van der Waals surface area contributed by atoms with E-state index in [1.807, 2.05) is 12.3 Å². The Morgan fingerprint density at radius 1 is 0.875 bits per heavy atom. The fraction of sp³-hybridized carbons (Fsp3) is 0.318. The van der Waals surface area contributed by atoms with Crippen molar-refractivity contribution in [3.8, 4) is 0 Å². The van der Waals surface area contributed by atoms with Crippen molar-refractivity contribution in [1.29, 1.82) is 0 Å². The molecule has 0 radical (unpaired) electrons. The molecule has 2 heterocycles. The van der Waals surface area contributed by atoms with E-state index in [1.165, 1.54) is 29.7 Å². The Morgan fingerprint density at radius 2 is 1.75 bits per heavy atom. The molecule has 1 aromatic heterocycles. The van der Waals surface area contributed by atoms with E-state index in [9.17, 15) is 0 Å². The zero-order chi connectivity index (χ0) is 16.2. The first-order valence-corrected chi connectivity index (χ1v) is 8.99. The van der Waals surface area contributed by atoms with Gasteiger partial charge in [0.15, 0.2) is 0 Å². The second kappa shape index (κ2) is 7.14. The summed E-state index contributed by atoms with van der Waals surface area (Å²) in [6.45, 7) is 2.26. The largest absolute Gasteiger partial charge is 0.296 e. The van der Waals surface area contributed by atoms with Gasteiger partial charge in [0.2, 0.25) is 0 Å². The minimum Gasteiger partial charge on any atom is -0.296 e. The lowest BCUT2D eigenvalue weighted by atomic mass is 9.90. The van der Waals surface area contributed by atoms with Crippen molar-refractivity contribution in [2.45, 2.75) is 31.7 Å². The van der Waals surface area contributed by atoms with Gasteiger partial charge in [-0.1, -0.05) is 48.6 Å². The number of pyridine rings is 1. The number of aromatic nitrogens is 1. The summed E-state index contributed by atoms with van der Waals surface area (Å²) >= 11 is 0. The van der Waals surface area contributed by atoms with Crippen LogP contribution in [0.1, 0.15) is 36.9 Å². The molecule has 24 heavy (non-hydrogen) atoms. The average molecular weight is 316 g/mol. The molecule has 1 aliphatic heterocycles. The third-order valence-corrected chi connectivity index (χ3v) is 5.28. The molecule has 122 valence electrons. The van der Waals surface area contributed by atoms with Crippen LogP contribution in [0.5, 0.6) is 0 Å². The minimum atomic E-state index is 0.686. The summed E-state index contributed by atoms with van der Waals surface area (Å²) in [6.07, 6.45) is 11.4. The molecule has 0 saturated heterocycles. The Hall–Kier alpha value is -2.19. The highest BCUT2D eigenvalue weighted by Crippen LogP contribution is 2.30. The van der Waals surface area contributed by atoms with E-state index in [2.05, 4.69) is 64.5 Å². The maximum Gasteiger partial charge on any atom is 0.0658 e. The maximum atomic E-state index is 4.49. The standard InChI is InChI=1S/C22H24N2/c1-2-6-18(7-3-1)19-13-16-24(17-14-19)21-11-9-20(10-12-21)22-8-4-5-15-23-22/h1-9,13,15,21H,10-12,14,16-17H2. The van der Waals surface area contributed by atoms with Crippen LogP contribution in [0.4, 0.5) is 0 Å².